The van der Waals surface area contributed by atoms with Gasteiger partial charge in [0.15, 0.2) is 11.6 Å². The Kier molecular flexibility index (Phi) is 12.2. The largest absolute Gasteiger partial charge is 0.463 e. The predicted molar refractivity (Wildman–Crippen MR) is 212 cm³/mol. The van der Waals surface area contributed by atoms with Crippen molar-refractivity contribution in [2.24, 2.45) is 5.92 Å². The molecule has 0 saturated carbocycles. The molecular formula is C41H54F3N7OSi. The number of nitrogens with zero attached hydrogens (tertiary/aromatic N) is 4. The number of benzene rings is 2. The molecular weight excluding hydrogens is 692 g/mol. The van der Waals surface area contributed by atoms with Gasteiger partial charge in [0.25, 0.3) is 0 Å². The van der Waals surface area contributed by atoms with Gasteiger partial charge in [-0.25, -0.2) is 18.6 Å². The lowest BCUT2D eigenvalue weighted by atomic mass is 9.95. The zero-order valence-corrected chi connectivity index (χ0v) is 33.0. The van der Waals surface area contributed by atoms with E-state index >= 15 is 8.78 Å². The number of pyridine rings is 1. The number of hydrazine groups is 1. The second kappa shape index (κ2) is 16.6. The Hall–Kier alpha value is -3.92. The average molecular weight is 746 g/mol. The number of halogens is 3. The van der Waals surface area contributed by atoms with Gasteiger partial charge in [0, 0.05) is 42.5 Å². The van der Waals surface area contributed by atoms with Crippen LogP contribution in [0.5, 0.6) is 6.01 Å². The molecule has 2 aromatic carbocycles. The van der Waals surface area contributed by atoms with Crippen LogP contribution in [-0.4, -0.2) is 62.0 Å². The number of hydrogen-bond acceptors (Lipinski definition) is 8. The molecule has 2 atom stereocenters. The van der Waals surface area contributed by atoms with Gasteiger partial charge in [-0.3, -0.25) is 9.99 Å². The summed E-state index contributed by atoms with van der Waals surface area (Å²) >= 11 is 0. The first-order valence-electron chi connectivity index (χ1n) is 19.3. The molecule has 53 heavy (non-hydrogen) atoms. The van der Waals surface area contributed by atoms with Crippen molar-refractivity contribution in [1.29, 1.82) is 0 Å². The third-order valence-electron chi connectivity index (χ3n) is 11.2. The number of nitrogen functional groups attached to an aromatic ring is 1. The Balaban J connectivity index is 1.52. The summed E-state index contributed by atoms with van der Waals surface area (Å²) in [5.74, 6) is 2.56. The van der Waals surface area contributed by atoms with Crippen LogP contribution in [0, 0.1) is 29.0 Å². The maximum Gasteiger partial charge on any atom is 0.319 e. The fraction of sp³-hybridized carbons (Fsp3) is 0.537. The van der Waals surface area contributed by atoms with Crippen molar-refractivity contribution >= 4 is 41.3 Å². The number of alkyl halides is 1. The van der Waals surface area contributed by atoms with Gasteiger partial charge < -0.3 is 15.8 Å². The SMILES string of the molecule is CC(C)[Si](C#Cc1c(F)ccc2cc(N)cc(-c3ncc4c(N5CCCCCN5)nc(OC[C@@H]5CCCNC[C@H](F)C5)nc4c3F)c12)(C(C)C)C(C)C. The van der Waals surface area contributed by atoms with Crippen molar-refractivity contribution < 1.29 is 17.9 Å². The topological polar surface area (TPSA) is 101 Å². The summed E-state index contributed by atoms with van der Waals surface area (Å²) in [7, 11) is -2.25. The molecule has 0 amide bonds. The molecule has 2 saturated heterocycles. The first-order valence-corrected chi connectivity index (χ1v) is 21.5. The minimum atomic E-state index is -2.25. The van der Waals surface area contributed by atoms with Gasteiger partial charge in [-0.05, 0) is 84.8 Å². The molecule has 0 bridgehead atoms. The molecule has 0 unspecified atom stereocenters. The molecule has 2 aliphatic rings. The summed E-state index contributed by atoms with van der Waals surface area (Å²) < 4.78 is 53.9. The second-order valence-corrected chi connectivity index (χ2v) is 21.3. The lowest BCUT2D eigenvalue weighted by Gasteiger charge is -2.38. The van der Waals surface area contributed by atoms with Crippen LogP contribution in [0.1, 0.15) is 85.6 Å². The predicted octanol–water partition coefficient (Wildman–Crippen LogP) is 8.88. The quantitative estimate of drug-likeness (QED) is 0.0935. The Morgan fingerprint density at radius 2 is 1.77 bits per heavy atom. The highest BCUT2D eigenvalue weighted by Gasteiger charge is 2.42. The number of ether oxygens (including phenoxy) is 1. The van der Waals surface area contributed by atoms with E-state index in [-0.39, 0.29) is 35.3 Å². The third-order valence-corrected chi connectivity index (χ3v) is 17.5. The van der Waals surface area contributed by atoms with E-state index in [9.17, 15) is 4.39 Å². The maximum atomic E-state index is 17.2. The van der Waals surface area contributed by atoms with Crippen LogP contribution in [0.4, 0.5) is 24.7 Å². The molecule has 2 fully saturated rings. The van der Waals surface area contributed by atoms with Crippen LogP contribution in [-0.2, 0) is 0 Å². The van der Waals surface area contributed by atoms with E-state index in [1.54, 1.807) is 24.4 Å². The van der Waals surface area contributed by atoms with Crippen molar-refractivity contribution in [2.45, 2.75) is 103 Å². The molecule has 12 heteroatoms. The average Bonchev–Trinajstić information content (AvgIpc) is 3.39. The first-order chi connectivity index (χ1) is 25.4. The van der Waals surface area contributed by atoms with Gasteiger partial charge in [-0.1, -0.05) is 60.0 Å². The Morgan fingerprint density at radius 1 is 1.00 bits per heavy atom. The van der Waals surface area contributed by atoms with E-state index in [0.29, 0.717) is 69.4 Å². The molecule has 0 radical (unpaired) electrons. The van der Waals surface area contributed by atoms with Gasteiger partial charge in [-0.15, -0.1) is 5.54 Å². The molecule has 4 heterocycles. The molecule has 2 aliphatic heterocycles. The molecule has 8 nitrogen and oxygen atoms in total. The first kappa shape index (κ1) is 38.8. The molecule has 6 rings (SSSR count). The number of fused-ring (bicyclic) bond motifs is 2. The van der Waals surface area contributed by atoms with Crippen molar-refractivity contribution in [2.75, 3.05) is 43.5 Å². The monoisotopic (exact) mass is 745 g/mol. The van der Waals surface area contributed by atoms with E-state index in [1.165, 1.54) is 6.07 Å². The fourth-order valence-electron chi connectivity index (χ4n) is 8.58. The summed E-state index contributed by atoms with van der Waals surface area (Å²) in [6, 6.07) is 6.45. The second-order valence-electron chi connectivity index (χ2n) is 15.7. The number of nitrogens with two attached hydrogens (primary N) is 1. The van der Waals surface area contributed by atoms with E-state index in [2.05, 4.69) is 73.7 Å². The Bertz CT molecular complexity index is 1970. The van der Waals surface area contributed by atoms with Crippen LogP contribution in [0.15, 0.2) is 30.5 Å². The van der Waals surface area contributed by atoms with Gasteiger partial charge in [0.2, 0.25) is 0 Å². The van der Waals surface area contributed by atoms with Crippen LogP contribution in [0.3, 0.4) is 0 Å². The summed E-state index contributed by atoms with van der Waals surface area (Å²) in [5, 5.41) is 6.56. The van der Waals surface area contributed by atoms with Crippen molar-refractivity contribution in [1.82, 2.24) is 25.7 Å². The minimum absolute atomic E-state index is 0.0116. The van der Waals surface area contributed by atoms with Crippen LogP contribution in [0.2, 0.25) is 16.6 Å². The number of aromatic nitrogens is 3. The molecule has 4 aromatic rings. The maximum absolute atomic E-state index is 17.2. The van der Waals surface area contributed by atoms with E-state index in [1.807, 2.05) is 5.01 Å². The Labute approximate surface area is 312 Å². The molecule has 284 valence electrons. The molecule has 2 aromatic heterocycles. The third kappa shape index (κ3) is 8.13. The van der Waals surface area contributed by atoms with E-state index < -0.39 is 25.9 Å². The van der Waals surface area contributed by atoms with Crippen LogP contribution < -0.4 is 26.2 Å². The highest BCUT2D eigenvalue weighted by atomic mass is 28.3. The summed E-state index contributed by atoms with van der Waals surface area (Å²) in [4.78, 5) is 14.1. The van der Waals surface area contributed by atoms with Crippen molar-refractivity contribution in [3.8, 4) is 28.7 Å². The normalized spacial score (nSPS) is 19.0. The number of rotatable bonds is 8. The molecule has 0 aliphatic carbocycles. The number of nitrogens with one attached hydrogen (secondary N) is 2. The van der Waals surface area contributed by atoms with Gasteiger partial charge >= 0.3 is 6.01 Å². The van der Waals surface area contributed by atoms with Crippen molar-refractivity contribution in [3.05, 3.63) is 47.7 Å². The van der Waals surface area contributed by atoms with Gasteiger partial charge in [0.1, 0.15) is 31.3 Å². The highest BCUT2D eigenvalue weighted by Crippen LogP contribution is 2.42. The smallest absolute Gasteiger partial charge is 0.319 e. The van der Waals surface area contributed by atoms with E-state index in [4.69, 9.17) is 15.5 Å². The minimum Gasteiger partial charge on any atom is -0.463 e. The van der Waals surface area contributed by atoms with Crippen molar-refractivity contribution in [3.63, 3.8) is 0 Å². The summed E-state index contributed by atoms with van der Waals surface area (Å²) in [5.41, 5.74) is 15.4. The fourth-order valence-corrected chi connectivity index (χ4v) is 13.8. The lowest BCUT2D eigenvalue weighted by molar-refractivity contribution is 0.166. The Morgan fingerprint density at radius 3 is 2.53 bits per heavy atom. The lowest BCUT2D eigenvalue weighted by Crippen LogP contribution is -2.43. The molecule has 4 N–H and O–H groups in total. The van der Waals surface area contributed by atoms with Gasteiger partial charge in [-0.2, -0.15) is 9.97 Å². The highest BCUT2D eigenvalue weighted by molar-refractivity contribution is 6.90. The summed E-state index contributed by atoms with van der Waals surface area (Å²) in [6.45, 7) is 16.0. The molecule has 0 spiro atoms. The summed E-state index contributed by atoms with van der Waals surface area (Å²) in [6.07, 6.45) is 5.64. The number of anilines is 2. The standard InChI is InChI=1S/C41H54F3N7OSi/c1-25(2)53(26(3)4,27(5)6)18-14-32-35(43)13-12-29-20-31(45)21-33(36(29)32)38-37(44)39-34(23-47-38)40(51-17-9-7-8-16-48-51)50-41(49-39)52-24-28-11-10-15-46-22-30(42)19-28/h12-13,20-21,23,25-28,30,46,48H,7-11,15-17,19,22,24,45H2,1-6H3/t28-,30-/m1/s1. The van der Waals surface area contributed by atoms with E-state index in [0.717, 1.165) is 45.2 Å². The van der Waals surface area contributed by atoms with Crippen LogP contribution >= 0.6 is 0 Å². The van der Waals surface area contributed by atoms with Crippen LogP contribution in [0.25, 0.3) is 32.9 Å². The van der Waals surface area contributed by atoms with Gasteiger partial charge in [0.05, 0.1) is 17.6 Å². The zero-order valence-electron chi connectivity index (χ0n) is 32.0. The zero-order chi connectivity index (χ0) is 37.9. The number of hydrogen-bond donors (Lipinski definition) is 3.